The SMILES string of the molecule is CC(=O)c1ccccc1-n1ccc(C)n1. The van der Waals surface area contributed by atoms with Crippen LogP contribution < -0.4 is 0 Å². The van der Waals surface area contributed by atoms with E-state index in [4.69, 9.17) is 0 Å². The van der Waals surface area contributed by atoms with Crippen LogP contribution in [0.15, 0.2) is 36.5 Å². The molecule has 15 heavy (non-hydrogen) atoms. The molecule has 0 spiro atoms. The lowest BCUT2D eigenvalue weighted by atomic mass is 10.1. The zero-order valence-electron chi connectivity index (χ0n) is 8.77. The number of rotatable bonds is 2. The van der Waals surface area contributed by atoms with Crippen molar-refractivity contribution in [3.63, 3.8) is 0 Å². The number of nitrogens with zero attached hydrogens (tertiary/aromatic N) is 2. The first kappa shape index (κ1) is 9.65. The third-order valence-electron chi connectivity index (χ3n) is 2.25. The van der Waals surface area contributed by atoms with Crippen molar-refractivity contribution in [2.75, 3.05) is 0 Å². The summed E-state index contributed by atoms with van der Waals surface area (Å²) in [5.74, 6) is 0.0544. The van der Waals surface area contributed by atoms with Gasteiger partial charge in [-0.25, -0.2) is 4.68 Å². The van der Waals surface area contributed by atoms with E-state index in [1.54, 1.807) is 11.6 Å². The average Bonchev–Trinajstić information content (AvgIpc) is 2.65. The Balaban J connectivity index is 2.57. The summed E-state index contributed by atoms with van der Waals surface area (Å²) in [7, 11) is 0. The topological polar surface area (TPSA) is 34.9 Å². The monoisotopic (exact) mass is 200 g/mol. The molecule has 2 aromatic rings. The van der Waals surface area contributed by atoms with Crippen LogP contribution in [-0.2, 0) is 0 Å². The number of aryl methyl sites for hydroxylation is 1. The van der Waals surface area contributed by atoms with Gasteiger partial charge in [0.05, 0.1) is 11.4 Å². The molecule has 0 unspecified atom stereocenters. The smallest absolute Gasteiger partial charge is 0.161 e. The summed E-state index contributed by atoms with van der Waals surface area (Å²) in [6.07, 6.45) is 1.86. The van der Waals surface area contributed by atoms with Gasteiger partial charge >= 0.3 is 0 Å². The first-order valence-electron chi connectivity index (χ1n) is 4.81. The van der Waals surface area contributed by atoms with Gasteiger partial charge in [0.2, 0.25) is 0 Å². The third-order valence-corrected chi connectivity index (χ3v) is 2.25. The number of carbonyl (C=O) groups excluding carboxylic acids is 1. The third kappa shape index (κ3) is 1.81. The zero-order chi connectivity index (χ0) is 10.8. The molecule has 1 aromatic carbocycles. The number of aromatic nitrogens is 2. The molecule has 0 N–H and O–H groups in total. The maximum Gasteiger partial charge on any atom is 0.161 e. The van der Waals surface area contributed by atoms with Gasteiger partial charge in [-0.05, 0) is 32.0 Å². The fraction of sp³-hybridized carbons (Fsp3) is 0.167. The van der Waals surface area contributed by atoms with Crippen LogP contribution in [0.25, 0.3) is 5.69 Å². The lowest BCUT2D eigenvalue weighted by molar-refractivity contribution is 0.101. The van der Waals surface area contributed by atoms with E-state index in [2.05, 4.69) is 5.10 Å². The molecule has 0 atom stereocenters. The van der Waals surface area contributed by atoms with Crippen LogP contribution in [0.2, 0.25) is 0 Å². The van der Waals surface area contributed by atoms with Crippen molar-refractivity contribution in [2.45, 2.75) is 13.8 Å². The molecule has 0 bridgehead atoms. The molecule has 0 saturated heterocycles. The molecule has 0 aliphatic heterocycles. The molecule has 0 saturated carbocycles. The van der Waals surface area contributed by atoms with E-state index in [0.717, 1.165) is 11.4 Å². The van der Waals surface area contributed by atoms with E-state index in [1.807, 2.05) is 43.5 Å². The van der Waals surface area contributed by atoms with Crippen molar-refractivity contribution in [1.82, 2.24) is 9.78 Å². The van der Waals surface area contributed by atoms with Crippen LogP contribution >= 0.6 is 0 Å². The molecule has 0 aliphatic carbocycles. The normalized spacial score (nSPS) is 10.3. The van der Waals surface area contributed by atoms with Gasteiger partial charge in [0.1, 0.15) is 0 Å². The van der Waals surface area contributed by atoms with Crippen molar-refractivity contribution in [1.29, 1.82) is 0 Å². The molecule has 76 valence electrons. The number of hydrogen-bond donors (Lipinski definition) is 0. The van der Waals surface area contributed by atoms with E-state index >= 15 is 0 Å². The van der Waals surface area contributed by atoms with E-state index in [-0.39, 0.29) is 5.78 Å². The lowest BCUT2D eigenvalue weighted by Gasteiger charge is -2.05. The fourth-order valence-corrected chi connectivity index (χ4v) is 1.52. The Morgan fingerprint density at radius 1 is 1.27 bits per heavy atom. The fourth-order valence-electron chi connectivity index (χ4n) is 1.52. The molecule has 1 heterocycles. The minimum Gasteiger partial charge on any atom is -0.294 e. The standard InChI is InChI=1S/C12H12N2O/c1-9-7-8-14(13-9)12-6-4-3-5-11(12)10(2)15/h3-8H,1-2H3. The van der Waals surface area contributed by atoms with Crippen molar-refractivity contribution in [3.05, 3.63) is 47.8 Å². The summed E-state index contributed by atoms with van der Waals surface area (Å²) in [4.78, 5) is 11.4. The number of benzene rings is 1. The second kappa shape index (κ2) is 3.69. The first-order chi connectivity index (χ1) is 7.18. The van der Waals surface area contributed by atoms with Crippen LogP contribution in [0, 0.1) is 6.92 Å². The number of hydrogen-bond acceptors (Lipinski definition) is 2. The molecule has 1 aromatic heterocycles. The summed E-state index contributed by atoms with van der Waals surface area (Å²) in [5, 5.41) is 4.29. The molecule has 3 nitrogen and oxygen atoms in total. The Morgan fingerprint density at radius 3 is 2.60 bits per heavy atom. The molecule has 0 amide bonds. The molecule has 0 aliphatic rings. The predicted octanol–water partition coefficient (Wildman–Crippen LogP) is 2.38. The van der Waals surface area contributed by atoms with Crippen molar-refractivity contribution < 1.29 is 4.79 Å². The zero-order valence-corrected chi connectivity index (χ0v) is 8.77. The number of para-hydroxylation sites is 1. The van der Waals surface area contributed by atoms with Gasteiger partial charge in [0, 0.05) is 11.8 Å². The van der Waals surface area contributed by atoms with E-state index in [9.17, 15) is 4.79 Å². The van der Waals surface area contributed by atoms with Gasteiger partial charge in [0.15, 0.2) is 5.78 Å². The molecular weight excluding hydrogens is 188 g/mol. The van der Waals surface area contributed by atoms with E-state index < -0.39 is 0 Å². The first-order valence-corrected chi connectivity index (χ1v) is 4.81. The largest absolute Gasteiger partial charge is 0.294 e. The highest BCUT2D eigenvalue weighted by Gasteiger charge is 2.08. The van der Waals surface area contributed by atoms with Crippen molar-refractivity contribution in [2.24, 2.45) is 0 Å². The number of Topliss-reactive ketones (excluding diaryl/α,β-unsaturated/α-hetero) is 1. The summed E-state index contributed by atoms with van der Waals surface area (Å²) in [5.41, 5.74) is 2.46. The minimum atomic E-state index is 0.0544. The lowest BCUT2D eigenvalue weighted by Crippen LogP contribution is -2.03. The maximum absolute atomic E-state index is 11.4. The quantitative estimate of drug-likeness (QED) is 0.697. The van der Waals surface area contributed by atoms with Gasteiger partial charge in [-0.15, -0.1) is 0 Å². The molecule has 2 rings (SSSR count). The summed E-state index contributed by atoms with van der Waals surface area (Å²) in [6, 6.07) is 9.38. The molecular formula is C12H12N2O. The summed E-state index contributed by atoms with van der Waals surface area (Å²) >= 11 is 0. The predicted molar refractivity (Wildman–Crippen MR) is 58.3 cm³/mol. The van der Waals surface area contributed by atoms with Gasteiger partial charge in [-0.1, -0.05) is 12.1 Å². The number of carbonyl (C=O) groups is 1. The average molecular weight is 200 g/mol. The van der Waals surface area contributed by atoms with Crippen LogP contribution in [0.5, 0.6) is 0 Å². The highest BCUT2D eigenvalue weighted by Crippen LogP contribution is 2.14. The van der Waals surface area contributed by atoms with Crippen LogP contribution in [-0.4, -0.2) is 15.6 Å². The summed E-state index contributed by atoms with van der Waals surface area (Å²) in [6.45, 7) is 3.49. The second-order valence-electron chi connectivity index (χ2n) is 3.48. The molecule has 0 radical (unpaired) electrons. The van der Waals surface area contributed by atoms with Gasteiger partial charge in [0.25, 0.3) is 0 Å². The highest BCUT2D eigenvalue weighted by molar-refractivity contribution is 5.97. The Kier molecular flexibility index (Phi) is 2.37. The van der Waals surface area contributed by atoms with Crippen molar-refractivity contribution >= 4 is 5.78 Å². The maximum atomic E-state index is 11.4. The Hall–Kier alpha value is -1.90. The summed E-state index contributed by atoms with van der Waals surface area (Å²) < 4.78 is 1.73. The van der Waals surface area contributed by atoms with Crippen LogP contribution in [0.3, 0.4) is 0 Å². The van der Waals surface area contributed by atoms with Crippen LogP contribution in [0.4, 0.5) is 0 Å². The second-order valence-corrected chi connectivity index (χ2v) is 3.48. The minimum absolute atomic E-state index is 0.0544. The van der Waals surface area contributed by atoms with Gasteiger partial charge in [-0.2, -0.15) is 5.10 Å². The van der Waals surface area contributed by atoms with Crippen LogP contribution in [0.1, 0.15) is 23.0 Å². The highest BCUT2D eigenvalue weighted by atomic mass is 16.1. The van der Waals surface area contributed by atoms with E-state index in [1.165, 1.54) is 0 Å². The van der Waals surface area contributed by atoms with Gasteiger partial charge < -0.3 is 0 Å². The van der Waals surface area contributed by atoms with E-state index in [0.29, 0.717) is 5.56 Å². The molecule has 0 fully saturated rings. The number of ketones is 1. The van der Waals surface area contributed by atoms with Gasteiger partial charge in [-0.3, -0.25) is 4.79 Å². The van der Waals surface area contributed by atoms with Crippen molar-refractivity contribution in [3.8, 4) is 5.69 Å². The Labute approximate surface area is 88.4 Å². The Bertz CT molecular complexity index is 500. The Morgan fingerprint density at radius 2 is 2.00 bits per heavy atom. The molecule has 3 heteroatoms.